The van der Waals surface area contributed by atoms with Crippen molar-refractivity contribution in [1.29, 1.82) is 0 Å². The Labute approximate surface area is 104 Å². The molecule has 0 saturated heterocycles. The summed E-state index contributed by atoms with van der Waals surface area (Å²) in [7, 11) is 0. The average Bonchev–Trinajstić information content (AvgIpc) is 2.35. The lowest BCUT2D eigenvalue weighted by Crippen LogP contribution is -2.48. The van der Waals surface area contributed by atoms with Gasteiger partial charge in [0.25, 0.3) is 0 Å². The minimum absolute atomic E-state index is 0.0324. The van der Waals surface area contributed by atoms with Crippen molar-refractivity contribution in [1.82, 2.24) is 10.2 Å². The second-order valence-corrected chi connectivity index (χ2v) is 4.20. The molecule has 0 aliphatic heterocycles. The zero-order valence-corrected chi connectivity index (χ0v) is 11.3. The topological polar surface area (TPSA) is 75.4 Å². The molecule has 2 amide bonds. The van der Waals surface area contributed by atoms with E-state index in [0.29, 0.717) is 13.1 Å². The van der Waals surface area contributed by atoms with Crippen LogP contribution in [0.4, 0.5) is 0 Å². The van der Waals surface area contributed by atoms with Crippen molar-refractivity contribution in [3.05, 3.63) is 0 Å². The standard InChI is InChI=1S/C12H25N3O2/c1-5-9(4)11(13)12(17)14-8-10(16)15(6-2)7-3/h9,11H,5-8,13H2,1-4H3,(H,14,17)/t9-,11-/m0/s1. The van der Waals surface area contributed by atoms with Crippen LogP contribution < -0.4 is 11.1 Å². The third-order valence-electron chi connectivity index (χ3n) is 3.09. The molecule has 0 bridgehead atoms. The molecule has 0 aliphatic rings. The number of nitrogens with two attached hydrogens (primary N) is 1. The van der Waals surface area contributed by atoms with Crippen molar-refractivity contribution in [3.8, 4) is 0 Å². The number of hydrogen-bond donors (Lipinski definition) is 2. The van der Waals surface area contributed by atoms with Gasteiger partial charge in [-0.3, -0.25) is 9.59 Å². The van der Waals surface area contributed by atoms with Crippen molar-refractivity contribution in [2.45, 2.75) is 40.2 Å². The van der Waals surface area contributed by atoms with Gasteiger partial charge in [0, 0.05) is 13.1 Å². The Morgan fingerprint density at radius 2 is 1.76 bits per heavy atom. The summed E-state index contributed by atoms with van der Waals surface area (Å²) in [5.41, 5.74) is 5.76. The van der Waals surface area contributed by atoms with E-state index in [4.69, 9.17) is 5.73 Å². The molecule has 3 N–H and O–H groups in total. The van der Waals surface area contributed by atoms with Gasteiger partial charge in [-0.05, 0) is 19.8 Å². The highest BCUT2D eigenvalue weighted by atomic mass is 16.2. The van der Waals surface area contributed by atoms with Crippen LogP contribution in [0.5, 0.6) is 0 Å². The van der Waals surface area contributed by atoms with Gasteiger partial charge in [-0.1, -0.05) is 20.3 Å². The first-order valence-corrected chi connectivity index (χ1v) is 6.28. The van der Waals surface area contributed by atoms with Gasteiger partial charge in [0.15, 0.2) is 0 Å². The monoisotopic (exact) mass is 243 g/mol. The van der Waals surface area contributed by atoms with E-state index in [-0.39, 0.29) is 24.3 Å². The molecule has 100 valence electrons. The van der Waals surface area contributed by atoms with Crippen molar-refractivity contribution in [3.63, 3.8) is 0 Å². The highest BCUT2D eigenvalue weighted by molar-refractivity contribution is 5.87. The number of carbonyl (C=O) groups is 2. The number of nitrogens with zero attached hydrogens (tertiary/aromatic N) is 1. The Morgan fingerprint density at radius 3 is 2.18 bits per heavy atom. The lowest BCUT2D eigenvalue weighted by Gasteiger charge is -2.21. The fourth-order valence-corrected chi connectivity index (χ4v) is 1.48. The van der Waals surface area contributed by atoms with Gasteiger partial charge in [-0.2, -0.15) is 0 Å². The molecule has 0 radical (unpaired) electrons. The molecule has 5 nitrogen and oxygen atoms in total. The summed E-state index contributed by atoms with van der Waals surface area (Å²) < 4.78 is 0. The first-order valence-electron chi connectivity index (χ1n) is 6.28. The average molecular weight is 243 g/mol. The molecule has 17 heavy (non-hydrogen) atoms. The van der Waals surface area contributed by atoms with E-state index in [1.165, 1.54) is 0 Å². The maximum absolute atomic E-state index is 11.6. The molecule has 0 unspecified atom stereocenters. The molecule has 0 spiro atoms. The Balaban J connectivity index is 4.11. The number of nitrogens with one attached hydrogen (secondary N) is 1. The van der Waals surface area contributed by atoms with Gasteiger partial charge < -0.3 is 16.0 Å². The van der Waals surface area contributed by atoms with Gasteiger partial charge >= 0.3 is 0 Å². The molecule has 2 atom stereocenters. The largest absolute Gasteiger partial charge is 0.346 e. The van der Waals surface area contributed by atoms with Crippen LogP contribution >= 0.6 is 0 Å². The Morgan fingerprint density at radius 1 is 1.24 bits per heavy atom. The molecule has 0 aromatic carbocycles. The van der Waals surface area contributed by atoms with Crippen LogP contribution in [0.2, 0.25) is 0 Å². The highest BCUT2D eigenvalue weighted by Crippen LogP contribution is 2.04. The maximum Gasteiger partial charge on any atom is 0.241 e. The summed E-state index contributed by atoms with van der Waals surface area (Å²) in [5, 5.41) is 2.59. The number of amides is 2. The quantitative estimate of drug-likeness (QED) is 0.677. The van der Waals surface area contributed by atoms with Crippen LogP contribution in [0.3, 0.4) is 0 Å². The minimum atomic E-state index is -0.537. The second kappa shape index (κ2) is 8.06. The van der Waals surface area contributed by atoms with Crippen LogP contribution in [0.15, 0.2) is 0 Å². The molecular weight excluding hydrogens is 218 g/mol. The fourth-order valence-electron chi connectivity index (χ4n) is 1.48. The van der Waals surface area contributed by atoms with Crippen LogP contribution in [-0.2, 0) is 9.59 Å². The first kappa shape index (κ1) is 15.9. The van der Waals surface area contributed by atoms with Crippen LogP contribution in [0.1, 0.15) is 34.1 Å². The summed E-state index contributed by atoms with van der Waals surface area (Å²) in [5.74, 6) is -0.196. The van der Waals surface area contributed by atoms with Gasteiger partial charge in [0.2, 0.25) is 11.8 Å². The van der Waals surface area contributed by atoms with Gasteiger partial charge in [0.05, 0.1) is 12.6 Å². The number of carbonyl (C=O) groups excluding carboxylic acids is 2. The molecule has 0 aliphatic carbocycles. The third kappa shape index (κ3) is 5.17. The molecule has 0 heterocycles. The van der Waals surface area contributed by atoms with E-state index in [1.807, 2.05) is 27.7 Å². The Hall–Kier alpha value is -1.10. The van der Waals surface area contributed by atoms with Crippen LogP contribution in [-0.4, -0.2) is 42.4 Å². The normalized spacial score (nSPS) is 13.9. The summed E-state index contributed by atoms with van der Waals surface area (Å²) in [6.45, 7) is 9.08. The van der Waals surface area contributed by atoms with Gasteiger partial charge in [-0.25, -0.2) is 0 Å². The summed E-state index contributed by atoms with van der Waals surface area (Å²) in [6.07, 6.45) is 0.846. The summed E-state index contributed by atoms with van der Waals surface area (Å²) >= 11 is 0. The maximum atomic E-state index is 11.6. The molecule has 0 saturated carbocycles. The Kier molecular flexibility index (Phi) is 7.54. The Bertz CT molecular complexity index is 252. The first-order chi connectivity index (χ1) is 7.97. The number of rotatable bonds is 7. The predicted octanol–water partition coefficient (Wildman–Crippen LogP) is 0.344. The van der Waals surface area contributed by atoms with Crippen molar-refractivity contribution in [2.24, 2.45) is 11.7 Å². The van der Waals surface area contributed by atoms with E-state index < -0.39 is 6.04 Å². The van der Waals surface area contributed by atoms with Gasteiger partial charge in [0.1, 0.15) is 0 Å². The van der Waals surface area contributed by atoms with Crippen LogP contribution in [0.25, 0.3) is 0 Å². The van der Waals surface area contributed by atoms with E-state index in [1.54, 1.807) is 4.90 Å². The lowest BCUT2D eigenvalue weighted by molar-refractivity contribution is -0.133. The SMILES string of the molecule is CC[C@H](C)[C@H](N)C(=O)NCC(=O)N(CC)CC. The summed E-state index contributed by atoms with van der Waals surface area (Å²) in [4.78, 5) is 25.0. The molecule has 0 aromatic rings. The zero-order chi connectivity index (χ0) is 13.4. The molecule has 0 aromatic heterocycles. The van der Waals surface area contributed by atoms with Crippen LogP contribution in [0, 0.1) is 5.92 Å². The molecule has 5 heteroatoms. The van der Waals surface area contributed by atoms with Crippen molar-refractivity contribution in [2.75, 3.05) is 19.6 Å². The zero-order valence-electron chi connectivity index (χ0n) is 11.3. The number of hydrogen-bond acceptors (Lipinski definition) is 3. The fraction of sp³-hybridized carbons (Fsp3) is 0.833. The van der Waals surface area contributed by atoms with E-state index in [2.05, 4.69) is 5.32 Å². The van der Waals surface area contributed by atoms with Crippen molar-refractivity contribution < 1.29 is 9.59 Å². The van der Waals surface area contributed by atoms with Crippen molar-refractivity contribution >= 4 is 11.8 Å². The molecular formula is C12H25N3O2. The van der Waals surface area contributed by atoms with E-state index in [0.717, 1.165) is 6.42 Å². The smallest absolute Gasteiger partial charge is 0.241 e. The highest BCUT2D eigenvalue weighted by Gasteiger charge is 2.20. The lowest BCUT2D eigenvalue weighted by atomic mass is 9.99. The third-order valence-corrected chi connectivity index (χ3v) is 3.09. The number of likely N-dealkylation sites (N-methyl/N-ethyl adjacent to an activating group) is 1. The summed E-state index contributed by atoms with van der Waals surface area (Å²) in [6, 6.07) is -0.537. The van der Waals surface area contributed by atoms with E-state index >= 15 is 0 Å². The molecule has 0 fully saturated rings. The molecule has 0 rings (SSSR count). The van der Waals surface area contributed by atoms with E-state index in [9.17, 15) is 9.59 Å². The second-order valence-electron chi connectivity index (χ2n) is 4.20. The minimum Gasteiger partial charge on any atom is -0.346 e. The van der Waals surface area contributed by atoms with Gasteiger partial charge in [-0.15, -0.1) is 0 Å². The predicted molar refractivity (Wildman–Crippen MR) is 68.4 cm³/mol.